The van der Waals surface area contributed by atoms with Crippen molar-refractivity contribution in [1.29, 1.82) is 0 Å². The van der Waals surface area contributed by atoms with Gasteiger partial charge in [-0.1, -0.05) is 36.1 Å². The Kier molecular flexibility index (Phi) is 4.99. The molecule has 136 valence electrons. The van der Waals surface area contributed by atoms with E-state index in [1.807, 2.05) is 55.5 Å². The molecule has 2 aromatic carbocycles. The van der Waals surface area contributed by atoms with Gasteiger partial charge in [-0.2, -0.15) is 0 Å². The number of nitrogens with zero attached hydrogens (tertiary/aromatic N) is 2. The molecule has 4 nitrogen and oxygen atoms in total. The number of carbonyl (C=O) groups excluding carboxylic acids is 1. The number of amides is 1. The van der Waals surface area contributed by atoms with E-state index in [4.69, 9.17) is 0 Å². The highest BCUT2D eigenvalue weighted by Gasteiger charge is 2.09. The maximum atomic E-state index is 12.6. The van der Waals surface area contributed by atoms with Gasteiger partial charge in [0.2, 0.25) is 0 Å². The summed E-state index contributed by atoms with van der Waals surface area (Å²) < 4.78 is 0. The van der Waals surface area contributed by atoms with Crippen LogP contribution >= 0.6 is 0 Å². The fourth-order valence-corrected chi connectivity index (χ4v) is 3.06. The number of fused-ring (bicyclic) bond motifs is 1. The predicted molar refractivity (Wildman–Crippen MR) is 111 cm³/mol. The normalized spacial score (nSPS) is 12.8. The Bertz CT molecular complexity index is 1170. The van der Waals surface area contributed by atoms with Gasteiger partial charge in [0.25, 0.3) is 5.91 Å². The van der Waals surface area contributed by atoms with E-state index in [9.17, 15) is 4.79 Å². The summed E-state index contributed by atoms with van der Waals surface area (Å²) in [5, 5.41) is 3.87. The fraction of sp³-hybridized carbons (Fsp3) is 0.125. The van der Waals surface area contributed by atoms with E-state index < -0.39 is 0 Å². The second-order valence-corrected chi connectivity index (χ2v) is 6.63. The van der Waals surface area contributed by atoms with Crippen LogP contribution in [0.25, 0.3) is 10.9 Å². The van der Waals surface area contributed by atoms with Crippen LogP contribution in [0.3, 0.4) is 0 Å². The van der Waals surface area contributed by atoms with Crippen LogP contribution in [0.15, 0.2) is 72.8 Å². The van der Waals surface area contributed by atoms with Crippen molar-refractivity contribution in [1.82, 2.24) is 15.3 Å². The maximum Gasteiger partial charge on any atom is 0.255 e. The number of allylic oxidation sites excluding steroid dienone is 3. The van der Waals surface area contributed by atoms with Crippen molar-refractivity contribution in [3.05, 3.63) is 95.1 Å². The van der Waals surface area contributed by atoms with Crippen LogP contribution in [0.2, 0.25) is 0 Å². The van der Waals surface area contributed by atoms with Crippen molar-refractivity contribution >= 4 is 16.8 Å². The molecule has 0 spiro atoms. The number of hydrogen-bond acceptors (Lipinski definition) is 3. The topological polar surface area (TPSA) is 54.9 Å². The molecule has 1 N–H and O–H groups in total. The maximum absolute atomic E-state index is 12.6. The Morgan fingerprint density at radius 2 is 2.00 bits per heavy atom. The minimum atomic E-state index is -0.126. The van der Waals surface area contributed by atoms with Gasteiger partial charge in [-0.15, -0.1) is 0 Å². The summed E-state index contributed by atoms with van der Waals surface area (Å²) in [5.74, 6) is 6.29. The molecule has 1 aromatic heterocycles. The van der Waals surface area contributed by atoms with E-state index in [0.29, 0.717) is 5.56 Å². The summed E-state index contributed by atoms with van der Waals surface area (Å²) in [5.41, 5.74) is 5.02. The van der Waals surface area contributed by atoms with Gasteiger partial charge in [-0.3, -0.25) is 4.79 Å². The summed E-state index contributed by atoms with van der Waals surface area (Å²) >= 11 is 0. The zero-order valence-corrected chi connectivity index (χ0v) is 15.6. The average Bonchev–Trinajstić information content (AvgIpc) is 2.74. The zero-order chi connectivity index (χ0) is 19.3. The molecule has 1 aliphatic rings. The number of aromatic nitrogens is 2. The molecule has 1 amide bonds. The van der Waals surface area contributed by atoms with Crippen LogP contribution in [0.5, 0.6) is 0 Å². The molecule has 0 saturated heterocycles. The molecule has 0 bridgehead atoms. The molecule has 0 radical (unpaired) electrons. The van der Waals surface area contributed by atoms with E-state index in [0.717, 1.165) is 46.1 Å². The largest absolute Gasteiger partial charge is 0.322 e. The molecule has 3 aromatic rings. The Morgan fingerprint density at radius 3 is 2.86 bits per heavy atom. The van der Waals surface area contributed by atoms with Crippen molar-refractivity contribution in [3.8, 4) is 11.8 Å². The Labute approximate surface area is 164 Å². The van der Waals surface area contributed by atoms with Crippen molar-refractivity contribution in [2.75, 3.05) is 0 Å². The van der Waals surface area contributed by atoms with Gasteiger partial charge in [-0.25, -0.2) is 9.97 Å². The smallest absolute Gasteiger partial charge is 0.255 e. The minimum Gasteiger partial charge on any atom is -0.322 e. The minimum absolute atomic E-state index is 0.126. The third-order valence-corrected chi connectivity index (χ3v) is 4.63. The third kappa shape index (κ3) is 3.84. The lowest BCUT2D eigenvalue weighted by molar-refractivity contribution is 0.0967. The van der Waals surface area contributed by atoms with E-state index in [2.05, 4.69) is 33.2 Å². The van der Waals surface area contributed by atoms with Gasteiger partial charge in [0.1, 0.15) is 6.33 Å². The molecule has 4 rings (SSSR count). The lowest BCUT2D eigenvalue weighted by atomic mass is 10.0. The van der Waals surface area contributed by atoms with Gasteiger partial charge in [0.15, 0.2) is 0 Å². The first-order chi connectivity index (χ1) is 13.7. The lowest BCUT2D eigenvalue weighted by Gasteiger charge is -2.10. The highest BCUT2D eigenvalue weighted by Crippen LogP contribution is 2.16. The molecule has 0 fully saturated rings. The van der Waals surface area contributed by atoms with Crippen molar-refractivity contribution in [3.63, 3.8) is 0 Å². The zero-order valence-electron chi connectivity index (χ0n) is 15.6. The second kappa shape index (κ2) is 7.89. The van der Waals surface area contributed by atoms with Crippen LogP contribution < -0.4 is 5.32 Å². The molecular formula is C24H19N3O. The molecule has 0 saturated carbocycles. The first-order valence-electron chi connectivity index (χ1n) is 9.20. The standard InChI is InChI=1S/C24H19N3O/c1-17-10-11-20(24(28)27-21-7-3-2-4-8-21)14-19(17)13-12-18-6-5-9-23-22(18)15-25-16-26-23/h3,5-11,14-16H,2,4H2,1H3,(H,27,28). The van der Waals surface area contributed by atoms with E-state index >= 15 is 0 Å². The van der Waals surface area contributed by atoms with Gasteiger partial charge < -0.3 is 5.32 Å². The third-order valence-electron chi connectivity index (χ3n) is 4.63. The van der Waals surface area contributed by atoms with Crippen molar-refractivity contribution in [2.24, 2.45) is 0 Å². The van der Waals surface area contributed by atoms with Crippen LogP contribution in [0, 0.1) is 18.8 Å². The van der Waals surface area contributed by atoms with Crippen LogP contribution in [-0.4, -0.2) is 15.9 Å². The predicted octanol–water partition coefficient (Wildman–Crippen LogP) is 4.30. The number of hydrogen-bond donors (Lipinski definition) is 1. The van der Waals surface area contributed by atoms with Gasteiger partial charge in [0.05, 0.1) is 5.52 Å². The monoisotopic (exact) mass is 365 g/mol. The summed E-state index contributed by atoms with van der Waals surface area (Å²) in [4.78, 5) is 20.9. The van der Waals surface area contributed by atoms with Crippen LogP contribution in [0.4, 0.5) is 0 Å². The Hall–Kier alpha value is -3.71. The molecule has 4 heteroatoms. The second-order valence-electron chi connectivity index (χ2n) is 6.63. The quantitative estimate of drug-likeness (QED) is 0.689. The first-order valence-corrected chi connectivity index (χ1v) is 9.20. The molecule has 1 heterocycles. The lowest BCUT2D eigenvalue weighted by Crippen LogP contribution is -2.22. The first kappa shape index (κ1) is 17.7. The molecule has 1 aliphatic carbocycles. The number of rotatable bonds is 2. The summed E-state index contributed by atoms with van der Waals surface area (Å²) in [6.45, 7) is 1.99. The van der Waals surface area contributed by atoms with Gasteiger partial charge in [-0.05, 0) is 55.7 Å². The average molecular weight is 365 g/mol. The van der Waals surface area contributed by atoms with Gasteiger partial charge in [0, 0.05) is 34.0 Å². The van der Waals surface area contributed by atoms with Crippen molar-refractivity contribution < 1.29 is 4.79 Å². The molecule has 0 atom stereocenters. The van der Waals surface area contributed by atoms with Crippen LogP contribution in [0.1, 0.15) is 39.9 Å². The number of nitrogens with one attached hydrogen (secondary N) is 1. The summed E-state index contributed by atoms with van der Waals surface area (Å²) in [6.07, 6.45) is 11.3. The van der Waals surface area contributed by atoms with Crippen LogP contribution in [-0.2, 0) is 0 Å². The SMILES string of the molecule is Cc1ccc(C(=O)NC2=CCCC=C2)cc1C#Cc1cccc2ncncc12. The molecular weight excluding hydrogens is 346 g/mol. The Balaban J connectivity index is 1.63. The van der Waals surface area contributed by atoms with E-state index in [1.165, 1.54) is 6.33 Å². The highest BCUT2D eigenvalue weighted by atomic mass is 16.1. The number of aryl methyl sites for hydroxylation is 1. The Morgan fingerprint density at radius 1 is 1.11 bits per heavy atom. The molecule has 28 heavy (non-hydrogen) atoms. The van der Waals surface area contributed by atoms with Gasteiger partial charge >= 0.3 is 0 Å². The highest BCUT2D eigenvalue weighted by molar-refractivity contribution is 5.96. The van der Waals surface area contributed by atoms with E-state index in [-0.39, 0.29) is 5.91 Å². The van der Waals surface area contributed by atoms with Crippen molar-refractivity contribution in [2.45, 2.75) is 19.8 Å². The number of benzene rings is 2. The summed E-state index contributed by atoms with van der Waals surface area (Å²) in [6, 6.07) is 11.4. The molecule has 0 aliphatic heterocycles. The fourth-order valence-electron chi connectivity index (χ4n) is 3.06. The summed E-state index contributed by atoms with van der Waals surface area (Å²) in [7, 11) is 0. The van der Waals surface area contributed by atoms with E-state index in [1.54, 1.807) is 6.20 Å². The molecule has 0 unspecified atom stereocenters. The number of carbonyl (C=O) groups is 1.